The Morgan fingerprint density at radius 3 is 2.73 bits per heavy atom. The summed E-state index contributed by atoms with van der Waals surface area (Å²) < 4.78 is 13.1. The Labute approximate surface area is 89.7 Å². The Bertz CT molecular complexity index is 353. The number of halogens is 1. The van der Waals surface area contributed by atoms with E-state index < -0.39 is 0 Å². The molecule has 2 rings (SSSR count). The van der Waals surface area contributed by atoms with Crippen LogP contribution < -0.4 is 11.1 Å². The van der Waals surface area contributed by atoms with Crippen molar-refractivity contribution in [1.82, 2.24) is 0 Å². The molecule has 0 unspecified atom stereocenters. The Kier molecular flexibility index (Phi) is 2.55. The molecule has 0 aliphatic heterocycles. The quantitative estimate of drug-likeness (QED) is 0.749. The number of nitrogens with one attached hydrogen (secondary N) is 1. The van der Waals surface area contributed by atoms with Gasteiger partial charge >= 0.3 is 0 Å². The van der Waals surface area contributed by atoms with Crippen LogP contribution >= 0.6 is 0 Å². The molecule has 1 aliphatic rings. The minimum Gasteiger partial charge on any atom is -0.397 e. The van der Waals surface area contributed by atoms with Crippen molar-refractivity contribution in [2.75, 3.05) is 11.1 Å². The van der Waals surface area contributed by atoms with Gasteiger partial charge in [0, 0.05) is 5.54 Å². The van der Waals surface area contributed by atoms with Crippen LogP contribution in [0.3, 0.4) is 0 Å². The molecule has 0 atom stereocenters. The molecule has 82 valence electrons. The summed E-state index contributed by atoms with van der Waals surface area (Å²) in [5, 5.41) is 3.39. The van der Waals surface area contributed by atoms with Crippen molar-refractivity contribution in [2.45, 2.75) is 38.1 Å². The predicted molar refractivity (Wildman–Crippen MR) is 61.3 cm³/mol. The largest absolute Gasteiger partial charge is 0.397 e. The molecule has 0 amide bonds. The van der Waals surface area contributed by atoms with Crippen molar-refractivity contribution >= 4 is 11.4 Å². The van der Waals surface area contributed by atoms with E-state index in [4.69, 9.17) is 5.73 Å². The topological polar surface area (TPSA) is 38.0 Å². The number of hydrogen-bond donors (Lipinski definition) is 2. The summed E-state index contributed by atoms with van der Waals surface area (Å²) in [5.41, 5.74) is 7.31. The van der Waals surface area contributed by atoms with E-state index >= 15 is 0 Å². The van der Waals surface area contributed by atoms with Gasteiger partial charge in [-0.25, -0.2) is 4.39 Å². The highest BCUT2D eigenvalue weighted by atomic mass is 19.1. The predicted octanol–water partition coefficient (Wildman–Crippen LogP) is 3.15. The number of rotatable bonds is 3. The van der Waals surface area contributed by atoms with Crippen LogP contribution in [-0.2, 0) is 0 Å². The van der Waals surface area contributed by atoms with Gasteiger partial charge in [0.05, 0.1) is 11.4 Å². The van der Waals surface area contributed by atoms with E-state index in [1.54, 1.807) is 6.07 Å². The molecule has 0 heterocycles. The molecular formula is C12H17FN2. The van der Waals surface area contributed by atoms with Gasteiger partial charge in [0.15, 0.2) is 0 Å². The monoisotopic (exact) mass is 208 g/mol. The molecule has 3 heteroatoms. The summed E-state index contributed by atoms with van der Waals surface area (Å²) in [7, 11) is 0. The molecule has 1 aromatic rings. The van der Waals surface area contributed by atoms with Gasteiger partial charge < -0.3 is 11.1 Å². The van der Waals surface area contributed by atoms with Crippen molar-refractivity contribution < 1.29 is 4.39 Å². The number of anilines is 2. The van der Waals surface area contributed by atoms with E-state index in [-0.39, 0.29) is 11.4 Å². The summed E-state index contributed by atoms with van der Waals surface area (Å²) in [6.45, 7) is 2.15. The lowest BCUT2D eigenvalue weighted by Gasteiger charge is -2.43. The molecule has 0 radical (unpaired) electrons. The molecule has 3 N–H and O–H groups in total. The van der Waals surface area contributed by atoms with E-state index in [9.17, 15) is 4.39 Å². The van der Waals surface area contributed by atoms with Gasteiger partial charge in [-0.15, -0.1) is 0 Å². The normalized spacial score (nSPS) is 18.3. The highest BCUT2D eigenvalue weighted by Crippen LogP contribution is 2.39. The van der Waals surface area contributed by atoms with Gasteiger partial charge in [-0.05, 0) is 43.9 Å². The van der Waals surface area contributed by atoms with Gasteiger partial charge in [-0.3, -0.25) is 0 Å². The molecule has 0 aromatic heterocycles. The fourth-order valence-electron chi connectivity index (χ4n) is 2.09. The first kappa shape index (κ1) is 10.3. The van der Waals surface area contributed by atoms with E-state index in [2.05, 4.69) is 12.2 Å². The van der Waals surface area contributed by atoms with Crippen LogP contribution in [0.2, 0.25) is 0 Å². The lowest BCUT2D eigenvalue weighted by molar-refractivity contribution is 0.269. The minimum absolute atomic E-state index is 0.155. The Morgan fingerprint density at radius 1 is 1.47 bits per heavy atom. The third-order valence-electron chi connectivity index (χ3n) is 3.40. The lowest BCUT2D eigenvalue weighted by Crippen LogP contribution is -2.44. The Balaban J connectivity index is 2.19. The van der Waals surface area contributed by atoms with Crippen molar-refractivity contribution in [3.8, 4) is 0 Å². The van der Waals surface area contributed by atoms with Crippen LogP contribution in [0, 0.1) is 5.82 Å². The lowest BCUT2D eigenvalue weighted by atomic mass is 9.74. The second kappa shape index (κ2) is 3.72. The SMILES string of the molecule is CCC1(Nc2cc(F)ccc2N)CCC1. The highest BCUT2D eigenvalue weighted by Gasteiger charge is 2.35. The zero-order chi connectivity index (χ0) is 10.9. The van der Waals surface area contributed by atoms with Crippen LogP contribution in [0.15, 0.2) is 18.2 Å². The second-order valence-electron chi connectivity index (χ2n) is 4.34. The van der Waals surface area contributed by atoms with Crippen molar-refractivity contribution in [1.29, 1.82) is 0 Å². The third kappa shape index (κ3) is 1.91. The average Bonchev–Trinajstić information content (AvgIpc) is 2.17. The molecule has 1 aromatic carbocycles. The van der Waals surface area contributed by atoms with Crippen LogP contribution in [0.25, 0.3) is 0 Å². The summed E-state index contributed by atoms with van der Waals surface area (Å²) in [4.78, 5) is 0. The first-order valence-corrected chi connectivity index (χ1v) is 5.48. The van der Waals surface area contributed by atoms with Gasteiger partial charge in [0.2, 0.25) is 0 Å². The van der Waals surface area contributed by atoms with Gasteiger partial charge in [0.1, 0.15) is 5.82 Å². The van der Waals surface area contributed by atoms with E-state index in [1.807, 2.05) is 0 Å². The maximum Gasteiger partial charge on any atom is 0.125 e. The first-order valence-electron chi connectivity index (χ1n) is 5.48. The number of nitrogen functional groups attached to an aromatic ring is 1. The molecule has 0 saturated heterocycles. The molecule has 1 fully saturated rings. The van der Waals surface area contributed by atoms with E-state index in [1.165, 1.54) is 18.6 Å². The smallest absolute Gasteiger partial charge is 0.125 e. The molecule has 0 bridgehead atoms. The van der Waals surface area contributed by atoms with E-state index in [0.717, 1.165) is 24.9 Å². The molecule has 1 aliphatic carbocycles. The summed E-state index contributed by atoms with van der Waals surface area (Å²) >= 11 is 0. The van der Waals surface area contributed by atoms with Gasteiger partial charge in [-0.2, -0.15) is 0 Å². The summed E-state index contributed by atoms with van der Waals surface area (Å²) in [5.74, 6) is -0.239. The van der Waals surface area contributed by atoms with E-state index in [0.29, 0.717) is 5.69 Å². The average molecular weight is 208 g/mol. The van der Waals surface area contributed by atoms with Crippen molar-refractivity contribution in [2.24, 2.45) is 0 Å². The fourth-order valence-corrected chi connectivity index (χ4v) is 2.09. The molecule has 2 nitrogen and oxygen atoms in total. The zero-order valence-electron chi connectivity index (χ0n) is 9.02. The number of hydrogen-bond acceptors (Lipinski definition) is 2. The minimum atomic E-state index is -0.239. The van der Waals surface area contributed by atoms with Gasteiger partial charge in [-0.1, -0.05) is 6.92 Å². The van der Waals surface area contributed by atoms with Crippen molar-refractivity contribution in [3.05, 3.63) is 24.0 Å². The highest BCUT2D eigenvalue weighted by molar-refractivity contribution is 5.67. The van der Waals surface area contributed by atoms with Crippen molar-refractivity contribution in [3.63, 3.8) is 0 Å². The molecular weight excluding hydrogens is 191 g/mol. The maximum absolute atomic E-state index is 13.1. The van der Waals surface area contributed by atoms with Crippen LogP contribution in [0.5, 0.6) is 0 Å². The second-order valence-corrected chi connectivity index (χ2v) is 4.34. The fraction of sp³-hybridized carbons (Fsp3) is 0.500. The summed E-state index contributed by atoms with van der Waals surface area (Å²) in [6, 6.07) is 4.48. The Hall–Kier alpha value is -1.25. The Morgan fingerprint density at radius 2 is 2.20 bits per heavy atom. The van der Waals surface area contributed by atoms with Gasteiger partial charge in [0.25, 0.3) is 0 Å². The summed E-state index contributed by atoms with van der Waals surface area (Å²) in [6.07, 6.45) is 4.61. The standard InChI is InChI=1S/C12H17FN2/c1-2-12(6-3-7-12)15-11-8-9(13)4-5-10(11)14/h4-5,8,15H,2-3,6-7,14H2,1H3. The van der Waals surface area contributed by atoms with Crippen LogP contribution in [-0.4, -0.2) is 5.54 Å². The van der Waals surface area contributed by atoms with Crippen LogP contribution in [0.4, 0.5) is 15.8 Å². The number of nitrogens with two attached hydrogens (primary N) is 1. The third-order valence-corrected chi connectivity index (χ3v) is 3.40. The maximum atomic E-state index is 13.1. The molecule has 0 spiro atoms. The van der Waals surface area contributed by atoms with Crippen LogP contribution in [0.1, 0.15) is 32.6 Å². The zero-order valence-corrected chi connectivity index (χ0v) is 9.02. The number of benzene rings is 1. The molecule has 15 heavy (non-hydrogen) atoms. The first-order chi connectivity index (χ1) is 7.15. The molecule has 1 saturated carbocycles.